The summed E-state index contributed by atoms with van der Waals surface area (Å²) in [6.07, 6.45) is -0.297. The van der Waals surface area contributed by atoms with Gasteiger partial charge in [0.25, 0.3) is 11.8 Å². The number of ether oxygens (including phenoxy) is 2. The topological polar surface area (TPSA) is 161 Å². The van der Waals surface area contributed by atoms with E-state index in [4.69, 9.17) is 26.5 Å². The fourth-order valence-corrected chi connectivity index (χ4v) is 6.24. The van der Waals surface area contributed by atoms with Gasteiger partial charge in [0.05, 0.1) is 16.8 Å². The minimum absolute atomic E-state index is 0.00883. The molecule has 2 bridgehead atoms. The number of benzene rings is 2. The van der Waals surface area contributed by atoms with Gasteiger partial charge in [-0.25, -0.2) is 14.4 Å². The molecule has 2 aliphatic carbocycles. The Labute approximate surface area is 252 Å². The molecule has 3 N–H and O–H groups in total. The second-order valence-corrected chi connectivity index (χ2v) is 11.3. The van der Waals surface area contributed by atoms with Crippen LogP contribution in [-0.4, -0.2) is 57.4 Å². The Kier molecular flexibility index (Phi) is 8.90. The molecule has 1 saturated heterocycles. The zero-order valence-corrected chi connectivity index (χ0v) is 24.1. The van der Waals surface area contributed by atoms with Crippen LogP contribution in [-0.2, 0) is 30.4 Å². The van der Waals surface area contributed by atoms with Crippen molar-refractivity contribution >= 4 is 52.9 Å². The Hall–Kier alpha value is -4.52. The van der Waals surface area contributed by atoms with Crippen LogP contribution >= 0.6 is 12.2 Å². The summed E-state index contributed by atoms with van der Waals surface area (Å²) in [6, 6.07) is 13.1. The third-order valence-electron chi connectivity index (χ3n) is 8.33. The van der Waals surface area contributed by atoms with Crippen LogP contribution in [0.15, 0.2) is 48.5 Å². The number of nitrogens with zero attached hydrogens (tertiary/aromatic N) is 1. The monoisotopic (exact) mass is 609 g/mol. The van der Waals surface area contributed by atoms with Gasteiger partial charge in [-0.1, -0.05) is 31.2 Å². The molecule has 1 heterocycles. The van der Waals surface area contributed by atoms with Gasteiger partial charge in [0, 0.05) is 25.3 Å². The molecular weight excluding hydrogens is 578 g/mol. The van der Waals surface area contributed by atoms with Gasteiger partial charge < -0.3 is 30.1 Å². The van der Waals surface area contributed by atoms with Gasteiger partial charge in [-0.15, -0.1) is 5.06 Å². The van der Waals surface area contributed by atoms with Gasteiger partial charge in [0.2, 0.25) is 0 Å². The summed E-state index contributed by atoms with van der Waals surface area (Å²) < 4.78 is 10.9. The van der Waals surface area contributed by atoms with Crippen molar-refractivity contribution in [2.24, 2.45) is 17.8 Å². The minimum atomic E-state index is -1.37. The van der Waals surface area contributed by atoms with Crippen LogP contribution in [0.2, 0.25) is 0 Å². The third-order valence-corrected chi connectivity index (χ3v) is 8.57. The molecule has 43 heavy (non-hydrogen) atoms. The van der Waals surface area contributed by atoms with Crippen molar-refractivity contribution in [3.8, 4) is 0 Å². The number of imide groups is 1. The first-order valence-electron chi connectivity index (χ1n) is 14.0. The number of amides is 2. The molecule has 0 radical (unpaired) electrons. The zero-order chi connectivity index (χ0) is 30.7. The lowest BCUT2D eigenvalue weighted by molar-refractivity contribution is -0.172. The smallest absolute Gasteiger partial charge is 0.455 e. The number of hydrogen-bond donors (Lipinski definition) is 3. The normalized spacial score (nSPS) is 24.3. The number of rotatable bonds is 8. The Bertz CT molecular complexity index is 1430. The summed E-state index contributed by atoms with van der Waals surface area (Å²) >= 11 is 5.37. The van der Waals surface area contributed by atoms with Crippen LogP contribution < -0.4 is 10.6 Å². The summed E-state index contributed by atoms with van der Waals surface area (Å²) in [5, 5.41) is 15.9. The molecule has 3 fully saturated rings. The molecule has 5 rings (SSSR count). The molecule has 5 atom stereocenters. The first kappa shape index (κ1) is 30.0. The molecule has 0 aromatic heterocycles. The SMILES string of the molecule is CC1C2CC[C@H]1C(OC(=O)O)C(OC(=O)c1ccc(CNC(=S)Nc3ccccc3C(=O)ON3C(=O)CCC3=O)cc1)C2. The molecule has 12 nitrogen and oxygen atoms in total. The van der Waals surface area contributed by atoms with E-state index in [1.165, 1.54) is 6.07 Å². The fourth-order valence-electron chi connectivity index (χ4n) is 6.05. The van der Waals surface area contributed by atoms with Crippen LogP contribution in [0.25, 0.3) is 0 Å². The van der Waals surface area contributed by atoms with Gasteiger partial charge in [-0.05, 0) is 73.1 Å². The number of anilines is 1. The maximum atomic E-state index is 12.9. The fraction of sp³-hybridized carbons (Fsp3) is 0.400. The molecular formula is C30H31N3O9S. The van der Waals surface area contributed by atoms with Gasteiger partial charge in [0.1, 0.15) is 12.2 Å². The van der Waals surface area contributed by atoms with Gasteiger partial charge in [-0.3, -0.25) is 9.59 Å². The number of carbonyl (C=O) groups is 5. The average Bonchev–Trinajstić information content (AvgIpc) is 3.43. The highest BCUT2D eigenvalue weighted by Crippen LogP contribution is 2.48. The Balaban J connectivity index is 1.14. The minimum Gasteiger partial charge on any atom is -0.455 e. The Morgan fingerprint density at radius 1 is 0.977 bits per heavy atom. The molecule has 1 aliphatic heterocycles. The van der Waals surface area contributed by atoms with Crippen molar-refractivity contribution in [2.45, 2.75) is 57.8 Å². The lowest BCUT2D eigenvalue weighted by Gasteiger charge is -2.38. The first-order chi connectivity index (χ1) is 20.6. The van der Waals surface area contributed by atoms with Crippen LogP contribution in [0.3, 0.4) is 0 Å². The van der Waals surface area contributed by atoms with E-state index in [-0.39, 0.29) is 29.4 Å². The van der Waals surface area contributed by atoms with E-state index in [2.05, 4.69) is 17.6 Å². The maximum Gasteiger partial charge on any atom is 0.506 e. The van der Waals surface area contributed by atoms with E-state index < -0.39 is 42.1 Å². The van der Waals surface area contributed by atoms with Crippen molar-refractivity contribution in [3.63, 3.8) is 0 Å². The molecule has 2 aromatic rings. The molecule has 4 unspecified atom stereocenters. The van der Waals surface area contributed by atoms with E-state index in [1.54, 1.807) is 42.5 Å². The number of nitrogens with one attached hydrogen (secondary N) is 2. The first-order valence-corrected chi connectivity index (χ1v) is 14.4. The number of thiocarbonyl (C=S) groups is 1. The Morgan fingerprint density at radius 2 is 1.67 bits per heavy atom. The van der Waals surface area contributed by atoms with Crippen molar-refractivity contribution in [1.29, 1.82) is 0 Å². The predicted molar refractivity (Wildman–Crippen MR) is 155 cm³/mol. The average molecular weight is 610 g/mol. The van der Waals surface area contributed by atoms with E-state index in [0.717, 1.165) is 18.4 Å². The summed E-state index contributed by atoms with van der Waals surface area (Å²) in [4.78, 5) is 65.5. The summed E-state index contributed by atoms with van der Waals surface area (Å²) in [5.74, 6) is -1.85. The zero-order valence-electron chi connectivity index (χ0n) is 23.3. The molecule has 13 heteroatoms. The molecule has 2 saturated carbocycles. The highest BCUT2D eigenvalue weighted by atomic mass is 32.1. The van der Waals surface area contributed by atoms with Gasteiger partial charge in [0.15, 0.2) is 5.11 Å². The number of carbonyl (C=O) groups excluding carboxylic acids is 4. The number of hydroxylamine groups is 2. The Morgan fingerprint density at radius 3 is 2.37 bits per heavy atom. The number of hydrogen-bond acceptors (Lipinski definition) is 9. The van der Waals surface area contributed by atoms with Gasteiger partial charge in [-0.2, -0.15) is 0 Å². The predicted octanol–water partition coefficient (Wildman–Crippen LogP) is 4.05. The lowest BCUT2D eigenvalue weighted by atomic mass is 9.76. The summed E-state index contributed by atoms with van der Waals surface area (Å²) in [5.41, 5.74) is 1.53. The van der Waals surface area contributed by atoms with E-state index in [0.29, 0.717) is 41.1 Å². The summed E-state index contributed by atoms with van der Waals surface area (Å²) in [7, 11) is 0. The molecule has 0 spiro atoms. The maximum absolute atomic E-state index is 12.9. The standard InChI is InChI=1S/C30H31N3O9S/c1-16-19-10-11-20(16)26(41-30(38)39)23(14-19)40-27(36)18-8-6-17(7-9-18)15-31-29(43)32-22-5-3-2-4-21(22)28(37)42-33-24(34)12-13-25(33)35/h2-9,16,19-20,23,26H,10-15H2,1H3,(H,38,39)(H2,31,32,43)/t16?,19?,20-,23?,26?/m1/s1. The quantitative estimate of drug-likeness (QED) is 0.224. The number of esters is 1. The number of para-hydroxylation sites is 1. The molecule has 3 aliphatic rings. The number of carboxylic acid groups (broad SMARTS) is 1. The van der Waals surface area contributed by atoms with E-state index in [9.17, 15) is 29.1 Å². The molecule has 2 aromatic carbocycles. The lowest BCUT2D eigenvalue weighted by Crippen LogP contribution is -2.46. The van der Waals surface area contributed by atoms with E-state index in [1.807, 2.05) is 0 Å². The van der Waals surface area contributed by atoms with Crippen LogP contribution in [0, 0.1) is 17.8 Å². The summed E-state index contributed by atoms with van der Waals surface area (Å²) in [6.45, 7) is 2.39. The molecule has 226 valence electrons. The van der Waals surface area contributed by atoms with E-state index >= 15 is 0 Å². The largest absolute Gasteiger partial charge is 0.506 e. The van der Waals surface area contributed by atoms with Crippen molar-refractivity contribution < 1.29 is 43.4 Å². The van der Waals surface area contributed by atoms with Crippen LogP contribution in [0.4, 0.5) is 10.5 Å². The number of fused-ring (bicyclic) bond motifs is 2. The van der Waals surface area contributed by atoms with Crippen molar-refractivity contribution in [3.05, 3.63) is 65.2 Å². The highest BCUT2D eigenvalue weighted by Gasteiger charge is 2.50. The van der Waals surface area contributed by atoms with Crippen molar-refractivity contribution in [1.82, 2.24) is 10.4 Å². The van der Waals surface area contributed by atoms with Crippen molar-refractivity contribution in [2.75, 3.05) is 5.32 Å². The van der Waals surface area contributed by atoms with Crippen LogP contribution in [0.1, 0.15) is 65.3 Å². The molecule has 2 amide bonds. The third kappa shape index (κ3) is 6.77. The highest BCUT2D eigenvalue weighted by molar-refractivity contribution is 7.80. The van der Waals surface area contributed by atoms with Crippen LogP contribution in [0.5, 0.6) is 0 Å². The second kappa shape index (κ2) is 12.8. The second-order valence-electron chi connectivity index (χ2n) is 10.9. The van der Waals surface area contributed by atoms with Gasteiger partial charge >= 0.3 is 18.1 Å².